The van der Waals surface area contributed by atoms with Gasteiger partial charge in [-0.3, -0.25) is 4.79 Å². The molecule has 0 aliphatic rings. The van der Waals surface area contributed by atoms with E-state index < -0.39 is 5.97 Å². The zero-order chi connectivity index (χ0) is 11.1. The molecule has 82 valence electrons. The topological polar surface area (TPSA) is 49.3 Å². The Morgan fingerprint density at radius 3 is 2.87 bits per heavy atom. The fourth-order valence-electron chi connectivity index (χ4n) is 1.04. The highest BCUT2D eigenvalue weighted by molar-refractivity contribution is 7.99. The number of benzene rings is 1. The average molecular weight is 246 g/mol. The van der Waals surface area contributed by atoms with Gasteiger partial charge >= 0.3 is 5.97 Å². The van der Waals surface area contributed by atoms with Gasteiger partial charge in [0.2, 0.25) is 0 Å². The maximum atomic E-state index is 10.2. The van der Waals surface area contributed by atoms with E-state index in [1.54, 1.807) is 0 Å². The van der Waals surface area contributed by atoms with Crippen LogP contribution in [0.25, 0.3) is 0 Å². The summed E-state index contributed by atoms with van der Waals surface area (Å²) in [4.78, 5) is 10.2. The van der Waals surface area contributed by atoms with Gasteiger partial charge in [-0.15, -0.1) is 11.8 Å². The summed E-state index contributed by atoms with van der Waals surface area (Å²) >= 11 is 7.28. The van der Waals surface area contributed by atoms with Crippen LogP contribution in [0.5, 0.6) is 0 Å². The molecule has 0 radical (unpaired) electrons. The lowest BCUT2D eigenvalue weighted by molar-refractivity contribution is -0.133. The van der Waals surface area contributed by atoms with Crippen LogP contribution in [0.1, 0.15) is 5.56 Å². The van der Waals surface area contributed by atoms with Crippen molar-refractivity contribution in [3.8, 4) is 0 Å². The SMILES string of the molecule is O=C(O)CSCNCc1ccccc1Cl. The van der Waals surface area contributed by atoms with Crippen molar-refractivity contribution in [1.82, 2.24) is 5.32 Å². The fourth-order valence-corrected chi connectivity index (χ4v) is 1.76. The highest BCUT2D eigenvalue weighted by atomic mass is 35.5. The summed E-state index contributed by atoms with van der Waals surface area (Å²) in [7, 11) is 0. The number of thioether (sulfide) groups is 1. The minimum Gasteiger partial charge on any atom is -0.481 e. The minimum absolute atomic E-state index is 0.121. The van der Waals surface area contributed by atoms with Crippen molar-refractivity contribution in [3.05, 3.63) is 34.9 Å². The molecule has 0 saturated carbocycles. The van der Waals surface area contributed by atoms with Gasteiger partial charge in [-0.25, -0.2) is 0 Å². The molecule has 0 aliphatic carbocycles. The van der Waals surface area contributed by atoms with E-state index in [0.29, 0.717) is 12.4 Å². The largest absolute Gasteiger partial charge is 0.481 e. The molecule has 0 aliphatic heterocycles. The molecule has 0 fully saturated rings. The zero-order valence-corrected chi connectivity index (χ0v) is 9.64. The Kier molecular flexibility index (Phi) is 5.53. The van der Waals surface area contributed by atoms with Crippen LogP contribution in [0.2, 0.25) is 5.02 Å². The van der Waals surface area contributed by atoms with Crippen molar-refractivity contribution in [2.45, 2.75) is 6.54 Å². The molecule has 0 atom stereocenters. The number of carboxylic acid groups (broad SMARTS) is 1. The van der Waals surface area contributed by atoms with E-state index in [2.05, 4.69) is 5.32 Å². The first-order valence-electron chi connectivity index (χ1n) is 4.44. The quantitative estimate of drug-likeness (QED) is 0.596. The molecule has 0 aromatic heterocycles. The number of hydrogen-bond acceptors (Lipinski definition) is 3. The van der Waals surface area contributed by atoms with Crippen molar-refractivity contribution in [3.63, 3.8) is 0 Å². The van der Waals surface area contributed by atoms with Gasteiger partial charge in [0.25, 0.3) is 0 Å². The highest BCUT2D eigenvalue weighted by Crippen LogP contribution is 2.14. The Morgan fingerprint density at radius 2 is 2.20 bits per heavy atom. The number of carbonyl (C=O) groups is 1. The van der Waals surface area contributed by atoms with Gasteiger partial charge in [0.05, 0.1) is 5.75 Å². The van der Waals surface area contributed by atoms with Gasteiger partial charge in [0, 0.05) is 17.4 Å². The van der Waals surface area contributed by atoms with Gasteiger partial charge in [0.1, 0.15) is 0 Å². The van der Waals surface area contributed by atoms with E-state index >= 15 is 0 Å². The van der Waals surface area contributed by atoms with E-state index in [-0.39, 0.29) is 5.75 Å². The molecular weight excluding hydrogens is 234 g/mol. The summed E-state index contributed by atoms with van der Waals surface area (Å²) in [5.74, 6) is -0.0629. The second kappa shape index (κ2) is 6.71. The van der Waals surface area contributed by atoms with Crippen LogP contribution in [0, 0.1) is 0 Å². The number of nitrogens with one attached hydrogen (secondary N) is 1. The van der Waals surface area contributed by atoms with Crippen molar-refractivity contribution < 1.29 is 9.90 Å². The molecule has 15 heavy (non-hydrogen) atoms. The third-order valence-electron chi connectivity index (χ3n) is 1.70. The molecular formula is C10H12ClNO2S. The summed E-state index contributed by atoms with van der Waals surface area (Å²) in [5.41, 5.74) is 1.02. The number of halogens is 1. The van der Waals surface area contributed by atoms with E-state index in [0.717, 1.165) is 10.6 Å². The average Bonchev–Trinajstić information content (AvgIpc) is 2.20. The molecule has 0 unspecified atom stereocenters. The summed E-state index contributed by atoms with van der Waals surface area (Å²) in [6.07, 6.45) is 0. The van der Waals surface area contributed by atoms with E-state index in [9.17, 15) is 4.79 Å². The number of carboxylic acids is 1. The van der Waals surface area contributed by atoms with Crippen molar-refractivity contribution in [1.29, 1.82) is 0 Å². The predicted octanol–water partition coefficient (Wildman–Crippen LogP) is 2.20. The lowest BCUT2D eigenvalue weighted by Crippen LogP contribution is -2.14. The van der Waals surface area contributed by atoms with Crippen LogP contribution in [-0.4, -0.2) is 22.7 Å². The van der Waals surface area contributed by atoms with E-state index in [4.69, 9.17) is 16.7 Å². The Hall–Kier alpha value is -0.710. The summed E-state index contributed by atoms with van der Waals surface area (Å²) in [6.45, 7) is 0.659. The van der Waals surface area contributed by atoms with Gasteiger partial charge < -0.3 is 10.4 Å². The Morgan fingerprint density at radius 1 is 1.47 bits per heavy atom. The lowest BCUT2D eigenvalue weighted by Gasteiger charge is -2.05. The van der Waals surface area contributed by atoms with Crippen LogP contribution in [-0.2, 0) is 11.3 Å². The van der Waals surface area contributed by atoms with Gasteiger partial charge in [-0.05, 0) is 11.6 Å². The first-order chi connectivity index (χ1) is 7.20. The number of rotatable bonds is 6. The molecule has 1 rings (SSSR count). The van der Waals surface area contributed by atoms with Crippen LogP contribution >= 0.6 is 23.4 Å². The maximum Gasteiger partial charge on any atom is 0.313 e. The summed E-state index contributed by atoms with van der Waals surface area (Å²) in [6, 6.07) is 7.58. The maximum absolute atomic E-state index is 10.2. The van der Waals surface area contributed by atoms with Crippen LogP contribution in [0.15, 0.2) is 24.3 Å². The molecule has 0 amide bonds. The number of hydrogen-bond donors (Lipinski definition) is 2. The molecule has 0 spiro atoms. The van der Waals surface area contributed by atoms with Gasteiger partial charge in [-0.2, -0.15) is 0 Å². The van der Waals surface area contributed by atoms with Crippen LogP contribution in [0.4, 0.5) is 0 Å². The van der Waals surface area contributed by atoms with E-state index in [1.165, 1.54) is 11.8 Å². The van der Waals surface area contributed by atoms with Crippen LogP contribution in [0.3, 0.4) is 0 Å². The summed E-state index contributed by atoms with van der Waals surface area (Å²) < 4.78 is 0. The predicted molar refractivity (Wildman–Crippen MR) is 63.3 cm³/mol. The number of aliphatic carboxylic acids is 1. The fraction of sp³-hybridized carbons (Fsp3) is 0.300. The Bertz CT molecular complexity index is 333. The second-order valence-corrected chi connectivity index (χ2v) is 4.30. The molecule has 0 heterocycles. The lowest BCUT2D eigenvalue weighted by atomic mass is 10.2. The van der Waals surface area contributed by atoms with Crippen LogP contribution < -0.4 is 5.32 Å². The van der Waals surface area contributed by atoms with Crippen molar-refractivity contribution in [2.75, 3.05) is 11.6 Å². The molecule has 2 N–H and O–H groups in total. The molecule has 3 nitrogen and oxygen atoms in total. The Balaban J connectivity index is 2.21. The van der Waals surface area contributed by atoms with E-state index in [1.807, 2.05) is 24.3 Å². The molecule has 5 heteroatoms. The minimum atomic E-state index is -0.792. The highest BCUT2D eigenvalue weighted by Gasteiger charge is 1.99. The normalized spacial score (nSPS) is 10.2. The first kappa shape index (κ1) is 12.4. The standard InChI is InChI=1S/C10H12ClNO2S/c11-9-4-2-1-3-8(9)5-12-7-15-6-10(13)14/h1-4,12H,5-7H2,(H,13,14). The molecule has 0 saturated heterocycles. The molecule has 1 aromatic carbocycles. The van der Waals surface area contributed by atoms with Crippen molar-refractivity contribution in [2.24, 2.45) is 0 Å². The first-order valence-corrected chi connectivity index (χ1v) is 5.97. The molecule has 0 bridgehead atoms. The second-order valence-electron chi connectivity index (χ2n) is 2.90. The Labute approximate surface area is 97.8 Å². The van der Waals surface area contributed by atoms with Gasteiger partial charge in [-0.1, -0.05) is 29.8 Å². The third kappa shape index (κ3) is 5.06. The third-order valence-corrected chi connectivity index (χ3v) is 2.93. The molecule has 1 aromatic rings. The van der Waals surface area contributed by atoms with Crippen molar-refractivity contribution >= 4 is 29.3 Å². The van der Waals surface area contributed by atoms with Gasteiger partial charge in [0.15, 0.2) is 0 Å². The summed E-state index contributed by atoms with van der Waals surface area (Å²) in [5, 5.41) is 12.2. The smallest absolute Gasteiger partial charge is 0.313 e. The monoisotopic (exact) mass is 245 g/mol. The zero-order valence-electron chi connectivity index (χ0n) is 8.07.